The van der Waals surface area contributed by atoms with E-state index in [-0.39, 0.29) is 12.6 Å². The maximum atomic E-state index is 11.3. The lowest BCUT2D eigenvalue weighted by Crippen LogP contribution is -2.38. The maximum Gasteiger partial charge on any atom is 0.330 e. The van der Waals surface area contributed by atoms with Crippen LogP contribution in [0.3, 0.4) is 0 Å². The molecule has 8 nitrogen and oxygen atoms in total. The first-order valence-corrected chi connectivity index (χ1v) is 5.04. The first kappa shape index (κ1) is 12.9. The fourth-order valence-electron chi connectivity index (χ4n) is 1.09. The predicted molar refractivity (Wildman–Crippen MR) is 59.7 cm³/mol. The summed E-state index contributed by atoms with van der Waals surface area (Å²) >= 11 is 0. The van der Waals surface area contributed by atoms with E-state index >= 15 is 0 Å². The highest BCUT2D eigenvalue weighted by Crippen LogP contribution is 1.83. The topological polar surface area (TPSA) is 100 Å². The predicted octanol–water partition coefficient (Wildman–Crippen LogP) is -1.61. The zero-order valence-corrected chi connectivity index (χ0v) is 9.69. The van der Waals surface area contributed by atoms with E-state index in [2.05, 4.69) is 16.7 Å². The van der Waals surface area contributed by atoms with Crippen LogP contribution < -0.4 is 16.4 Å². The Kier molecular flexibility index (Phi) is 4.44. The molecule has 0 fully saturated rings. The molecule has 0 unspecified atom stereocenters. The van der Waals surface area contributed by atoms with E-state index < -0.39 is 11.1 Å². The minimum atomic E-state index is -0.777. The molecule has 0 atom stereocenters. The van der Waals surface area contributed by atoms with Gasteiger partial charge < -0.3 is 10.2 Å². The number of nitrogens with zero attached hydrogens (tertiary/aromatic N) is 3. The Bertz CT molecular complexity index is 490. The van der Waals surface area contributed by atoms with Crippen molar-refractivity contribution in [3.8, 4) is 0 Å². The van der Waals surface area contributed by atoms with Crippen molar-refractivity contribution in [1.82, 2.24) is 25.0 Å². The van der Waals surface area contributed by atoms with E-state index in [1.807, 2.05) is 5.10 Å². The number of hydrogen-bond acceptors (Lipinski definition) is 4. The van der Waals surface area contributed by atoms with Crippen molar-refractivity contribution < 1.29 is 4.79 Å². The molecule has 0 bridgehead atoms. The standard InChI is InChI=1S/C9H14N5O3/c1-13(2)9(17)10-4-3-5-14-6-11-12-7(15)8(14)16/h3-5H2,1-2H3,(H,10,17)(H,12,15). The van der Waals surface area contributed by atoms with Crippen LogP contribution in [0.25, 0.3) is 0 Å². The zero-order chi connectivity index (χ0) is 12.8. The number of aromatic nitrogens is 3. The zero-order valence-electron chi connectivity index (χ0n) is 9.69. The second-order valence-corrected chi connectivity index (χ2v) is 3.59. The third-order valence-corrected chi connectivity index (χ3v) is 2.01. The lowest BCUT2D eigenvalue weighted by atomic mass is 10.4. The number of aryl methyl sites for hydroxylation is 1. The molecule has 0 spiro atoms. The lowest BCUT2D eigenvalue weighted by molar-refractivity contribution is 0.217. The van der Waals surface area contributed by atoms with Crippen LogP contribution in [-0.4, -0.2) is 46.3 Å². The number of rotatable bonds is 4. The van der Waals surface area contributed by atoms with Gasteiger partial charge in [-0.2, -0.15) is 5.10 Å². The minimum Gasteiger partial charge on any atom is -0.338 e. The molecule has 1 rings (SSSR count). The number of urea groups is 1. The lowest BCUT2D eigenvalue weighted by Gasteiger charge is -2.11. The number of hydrogen-bond donors (Lipinski definition) is 2. The van der Waals surface area contributed by atoms with Gasteiger partial charge in [0, 0.05) is 27.2 Å². The summed E-state index contributed by atoms with van der Waals surface area (Å²) < 4.78 is 1.08. The summed E-state index contributed by atoms with van der Waals surface area (Å²) in [5, 5.41) is 8.02. The third-order valence-electron chi connectivity index (χ3n) is 2.01. The van der Waals surface area contributed by atoms with Gasteiger partial charge in [-0.3, -0.25) is 14.2 Å². The Labute approximate surface area is 97.3 Å². The molecule has 0 aliphatic carbocycles. The van der Waals surface area contributed by atoms with Crippen LogP contribution in [0.15, 0.2) is 9.59 Å². The number of amides is 2. The molecule has 0 aliphatic rings. The van der Waals surface area contributed by atoms with Gasteiger partial charge in [0.15, 0.2) is 0 Å². The molecule has 2 N–H and O–H groups in total. The fraction of sp³-hybridized carbons (Fsp3) is 0.556. The second kappa shape index (κ2) is 5.83. The Morgan fingerprint density at radius 3 is 2.88 bits per heavy atom. The molecule has 1 radical (unpaired) electrons. The Morgan fingerprint density at radius 2 is 2.24 bits per heavy atom. The van der Waals surface area contributed by atoms with Crippen molar-refractivity contribution in [3.63, 3.8) is 0 Å². The molecule has 8 heteroatoms. The van der Waals surface area contributed by atoms with Crippen molar-refractivity contribution >= 4 is 6.03 Å². The van der Waals surface area contributed by atoms with Crippen LogP contribution in [0.5, 0.6) is 0 Å². The molecule has 1 aromatic rings. The summed E-state index contributed by atoms with van der Waals surface area (Å²) in [5.41, 5.74) is -1.47. The molecule has 0 saturated carbocycles. The normalized spacial score (nSPS) is 10.0. The third kappa shape index (κ3) is 3.74. The van der Waals surface area contributed by atoms with Crippen molar-refractivity contribution in [2.75, 3.05) is 20.6 Å². The monoisotopic (exact) mass is 240 g/mol. The molecular formula is C9H14N5O3. The van der Waals surface area contributed by atoms with Crippen LogP contribution in [0.4, 0.5) is 4.79 Å². The van der Waals surface area contributed by atoms with E-state index in [1.165, 1.54) is 4.90 Å². The highest BCUT2D eigenvalue weighted by atomic mass is 16.2. The largest absolute Gasteiger partial charge is 0.338 e. The average molecular weight is 240 g/mol. The number of carbonyl (C=O) groups excluding carboxylic acids is 1. The summed E-state index contributed by atoms with van der Waals surface area (Å²) in [6, 6.07) is -0.203. The molecule has 93 valence electrons. The van der Waals surface area contributed by atoms with E-state index in [9.17, 15) is 14.4 Å². The minimum absolute atomic E-state index is 0.203. The summed E-state index contributed by atoms with van der Waals surface area (Å²) in [5.74, 6) is 0. The number of aromatic amines is 1. The van der Waals surface area contributed by atoms with E-state index in [0.717, 1.165) is 4.57 Å². The molecule has 1 heterocycles. The molecule has 0 aromatic carbocycles. The smallest absolute Gasteiger partial charge is 0.330 e. The quantitative estimate of drug-likeness (QED) is 0.488. The second-order valence-electron chi connectivity index (χ2n) is 3.59. The highest BCUT2D eigenvalue weighted by molar-refractivity contribution is 5.73. The Hall–Kier alpha value is -2.12. The summed E-state index contributed by atoms with van der Waals surface area (Å²) in [6.45, 7) is 0.688. The molecule has 0 aliphatic heterocycles. The van der Waals surface area contributed by atoms with Gasteiger partial charge in [0.1, 0.15) is 0 Å². The van der Waals surface area contributed by atoms with Gasteiger partial charge in [-0.25, -0.2) is 9.89 Å². The fourth-order valence-corrected chi connectivity index (χ4v) is 1.09. The molecule has 1 aromatic heterocycles. The summed E-state index contributed by atoms with van der Waals surface area (Å²) in [7, 11) is 3.27. The Morgan fingerprint density at radius 1 is 1.53 bits per heavy atom. The van der Waals surface area contributed by atoms with Gasteiger partial charge in [0.25, 0.3) is 0 Å². The van der Waals surface area contributed by atoms with Crippen LogP contribution in [0.1, 0.15) is 6.42 Å². The molecule has 0 saturated heterocycles. The van der Waals surface area contributed by atoms with Crippen LogP contribution >= 0.6 is 0 Å². The van der Waals surface area contributed by atoms with Gasteiger partial charge in [-0.15, -0.1) is 0 Å². The molecular weight excluding hydrogens is 226 g/mol. The first-order valence-electron chi connectivity index (χ1n) is 5.04. The van der Waals surface area contributed by atoms with Crippen LogP contribution in [-0.2, 0) is 6.54 Å². The van der Waals surface area contributed by atoms with E-state index in [0.29, 0.717) is 13.0 Å². The van der Waals surface area contributed by atoms with Gasteiger partial charge in [-0.05, 0) is 6.42 Å². The highest BCUT2D eigenvalue weighted by Gasteiger charge is 2.03. The van der Waals surface area contributed by atoms with E-state index in [1.54, 1.807) is 14.1 Å². The van der Waals surface area contributed by atoms with Gasteiger partial charge in [0.2, 0.25) is 6.33 Å². The number of carbonyl (C=O) groups is 1. The number of nitrogens with one attached hydrogen (secondary N) is 2. The van der Waals surface area contributed by atoms with Gasteiger partial charge in [-0.1, -0.05) is 0 Å². The van der Waals surface area contributed by atoms with Crippen LogP contribution in [0.2, 0.25) is 0 Å². The van der Waals surface area contributed by atoms with Crippen molar-refractivity contribution in [2.24, 2.45) is 0 Å². The SMILES string of the molecule is CN(C)C(=O)NCCCn1[c]n[nH]c(=O)c1=O. The van der Waals surface area contributed by atoms with Gasteiger partial charge >= 0.3 is 17.1 Å². The summed E-state index contributed by atoms with van der Waals surface area (Å²) in [4.78, 5) is 34.7. The van der Waals surface area contributed by atoms with Crippen LogP contribution in [0, 0.1) is 6.33 Å². The number of H-pyrrole nitrogens is 1. The van der Waals surface area contributed by atoms with E-state index in [4.69, 9.17) is 0 Å². The molecule has 17 heavy (non-hydrogen) atoms. The summed E-state index contributed by atoms with van der Waals surface area (Å²) in [6.07, 6.45) is 2.88. The average Bonchev–Trinajstić information content (AvgIpc) is 2.29. The maximum absolute atomic E-state index is 11.3. The first-order chi connectivity index (χ1) is 8.02. The van der Waals surface area contributed by atoms with Gasteiger partial charge in [0.05, 0.1) is 0 Å². The van der Waals surface area contributed by atoms with Crippen molar-refractivity contribution in [1.29, 1.82) is 0 Å². The molecule has 2 amide bonds. The Balaban J connectivity index is 2.42. The van der Waals surface area contributed by atoms with Crippen molar-refractivity contribution in [3.05, 3.63) is 27.0 Å². The van der Waals surface area contributed by atoms with Crippen molar-refractivity contribution in [2.45, 2.75) is 13.0 Å².